The zero-order valence-corrected chi connectivity index (χ0v) is 8.00. The largest absolute Gasteiger partial charge is 0.0595 e. The molecular weight excluding hydrogens is 251 g/mol. The van der Waals surface area contributed by atoms with Crippen molar-refractivity contribution in [1.82, 2.24) is 0 Å². The maximum absolute atomic E-state index is 3.39. The van der Waals surface area contributed by atoms with E-state index in [1.165, 1.54) is 12.4 Å². The molecule has 0 saturated carbocycles. The van der Waals surface area contributed by atoms with Crippen LogP contribution >= 0.6 is 40.1 Å². The highest BCUT2D eigenvalue weighted by Crippen LogP contribution is 2.29. The second-order valence-electron chi connectivity index (χ2n) is 1.28. The van der Waals surface area contributed by atoms with E-state index < -0.39 is 0 Å². The molecule has 0 spiro atoms. The van der Waals surface area contributed by atoms with Crippen molar-refractivity contribution in [2.45, 2.75) is 0 Å². The topological polar surface area (TPSA) is 0 Å². The van der Waals surface area contributed by atoms with Crippen molar-refractivity contribution in [1.29, 1.82) is 0 Å². The summed E-state index contributed by atoms with van der Waals surface area (Å²) >= 11 is 6.76. The lowest BCUT2D eigenvalue weighted by Gasteiger charge is -1.88. The van der Waals surface area contributed by atoms with Crippen LogP contribution in [0.4, 0.5) is 0 Å². The molecule has 0 nitrogen and oxygen atoms in total. The average Bonchev–Trinajstić information content (AvgIpc) is 1.77. The smallest absolute Gasteiger partial charge is 0.0589 e. The first-order valence-corrected chi connectivity index (χ1v) is 4.61. The summed E-state index contributed by atoms with van der Waals surface area (Å²) in [6, 6.07) is 4.04. The fourth-order valence-electron chi connectivity index (χ4n) is 0.366. The first-order chi connectivity index (χ1) is 3.80. The first kappa shape index (κ1) is 6.73. The highest BCUT2D eigenvalue weighted by molar-refractivity contribution is 9.13. The van der Waals surface area contributed by atoms with E-state index in [1.54, 1.807) is 0 Å². The molecule has 42 valence electrons. The lowest BCUT2D eigenvalue weighted by molar-refractivity contribution is 1.75. The Balaban J connectivity index is 3.13. The Labute approximate surface area is 66.7 Å². The van der Waals surface area contributed by atoms with Gasteiger partial charge in [-0.2, -0.15) is 0 Å². The molecule has 0 unspecified atom stereocenters. The quantitative estimate of drug-likeness (QED) is 0.660. The average molecular weight is 254 g/mol. The van der Waals surface area contributed by atoms with Gasteiger partial charge in [0, 0.05) is 4.47 Å². The molecule has 0 aliphatic rings. The zero-order chi connectivity index (χ0) is 5.98. The maximum Gasteiger partial charge on any atom is 0.0589 e. The molecule has 0 aliphatic carbocycles. The Bertz CT molecular complexity index is 167. The first-order valence-electron chi connectivity index (χ1n) is 2.07. The third-order valence-corrected chi connectivity index (χ3v) is 4.04. The molecule has 0 radical (unpaired) electrons. The van der Waals surface area contributed by atoms with Crippen LogP contribution in [0.15, 0.2) is 26.6 Å². The fourth-order valence-corrected chi connectivity index (χ4v) is 1.81. The SMILES string of the molecule is Brc1cccpc1Br. The Hall–Kier alpha value is 0.610. The van der Waals surface area contributed by atoms with E-state index in [4.69, 9.17) is 0 Å². The number of hydrogen-bond acceptors (Lipinski definition) is 0. The number of rotatable bonds is 0. The van der Waals surface area contributed by atoms with Gasteiger partial charge in [0.2, 0.25) is 0 Å². The van der Waals surface area contributed by atoms with Crippen molar-refractivity contribution >= 4 is 40.1 Å². The summed E-state index contributed by atoms with van der Waals surface area (Å²) < 4.78 is 2.33. The van der Waals surface area contributed by atoms with Gasteiger partial charge in [0.05, 0.1) is 4.20 Å². The number of halogens is 2. The van der Waals surface area contributed by atoms with E-state index in [9.17, 15) is 0 Å². The maximum atomic E-state index is 3.39. The summed E-state index contributed by atoms with van der Waals surface area (Å²) in [4.78, 5) is 0. The minimum Gasteiger partial charge on any atom is -0.0595 e. The Morgan fingerprint density at radius 1 is 1.38 bits per heavy atom. The predicted octanol–water partition coefficient (Wildman–Crippen LogP) is 3.79. The summed E-state index contributed by atoms with van der Waals surface area (Å²) in [5.41, 5.74) is 0. The molecule has 8 heavy (non-hydrogen) atoms. The van der Waals surface area contributed by atoms with Crippen LogP contribution in [-0.2, 0) is 0 Å². The van der Waals surface area contributed by atoms with Crippen molar-refractivity contribution in [2.24, 2.45) is 0 Å². The van der Waals surface area contributed by atoms with Gasteiger partial charge < -0.3 is 0 Å². The molecule has 0 aliphatic heterocycles. The lowest BCUT2D eigenvalue weighted by atomic mass is 10.6. The van der Waals surface area contributed by atoms with Gasteiger partial charge in [-0.3, -0.25) is 0 Å². The van der Waals surface area contributed by atoms with Crippen molar-refractivity contribution < 1.29 is 0 Å². The molecule has 3 heteroatoms. The van der Waals surface area contributed by atoms with E-state index >= 15 is 0 Å². The molecule has 1 aromatic heterocycles. The van der Waals surface area contributed by atoms with Crippen LogP contribution in [0, 0.1) is 0 Å². The molecule has 1 heterocycles. The van der Waals surface area contributed by atoms with Crippen molar-refractivity contribution in [3.63, 3.8) is 0 Å². The highest BCUT2D eigenvalue weighted by Gasteiger charge is 1.89. The second kappa shape index (κ2) is 2.95. The van der Waals surface area contributed by atoms with Crippen LogP contribution in [0.1, 0.15) is 0 Å². The third-order valence-electron chi connectivity index (χ3n) is 0.714. The van der Waals surface area contributed by atoms with Crippen LogP contribution in [0.25, 0.3) is 0 Å². The molecule has 0 amide bonds. The van der Waals surface area contributed by atoms with Gasteiger partial charge in [0.1, 0.15) is 0 Å². The van der Waals surface area contributed by atoms with Crippen LogP contribution in [0.2, 0.25) is 0 Å². The summed E-state index contributed by atoms with van der Waals surface area (Å²) in [7, 11) is 1.23. The van der Waals surface area contributed by atoms with E-state index in [2.05, 4.69) is 37.7 Å². The van der Waals surface area contributed by atoms with E-state index in [-0.39, 0.29) is 0 Å². The molecular formula is C5H3Br2P. The van der Waals surface area contributed by atoms with E-state index in [0.29, 0.717) is 0 Å². The fraction of sp³-hybridized carbons (Fsp3) is 0. The summed E-state index contributed by atoms with van der Waals surface area (Å²) in [6.45, 7) is 0. The molecule has 0 bridgehead atoms. The van der Waals surface area contributed by atoms with Gasteiger partial charge in [0.15, 0.2) is 0 Å². The monoisotopic (exact) mass is 252 g/mol. The van der Waals surface area contributed by atoms with Crippen molar-refractivity contribution in [2.75, 3.05) is 0 Å². The van der Waals surface area contributed by atoms with Gasteiger partial charge in [-0.1, -0.05) is 14.3 Å². The summed E-state index contributed by atoms with van der Waals surface area (Å²) in [5, 5.41) is 0. The Morgan fingerprint density at radius 2 is 2.12 bits per heavy atom. The Morgan fingerprint density at radius 3 is 2.50 bits per heavy atom. The van der Waals surface area contributed by atoms with Gasteiger partial charge >= 0.3 is 0 Å². The highest BCUT2D eigenvalue weighted by atomic mass is 79.9. The molecule has 1 rings (SSSR count). The zero-order valence-electron chi connectivity index (χ0n) is 3.94. The van der Waals surface area contributed by atoms with Gasteiger partial charge in [-0.15, -0.1) is 0 Å². The minimum absolute atomic E-state index is 1.14. The van der Waals surface area contributed by atoms with Crippen LogP contribution in [0.5, 0.6) is 0 Å². The summed E-state index contributed by atoms with van der Waals surface area (Å²) in [5.74, 6) is 2.08. The molecule has 1 aromatic rings. The lowest BCUT2D eigenvalue weighted by Crippen LogP contribution is -1.56. The van der Waals surface area contributed by atoms with Crippen molar-refractivity contribution in [3.8, 4) is 0 Å². The predicted molar refractivity (Wildman–Crippen MR) is 44.4 cm³/mol. The van der Waals surface area contributed by atoms with E-state index in [1.807, 2.05) is 12.1 Å². The van der Waals surface area contributed by atoms with Gasteiger partial charge in [0.25, 0.3) is 0 Å². The van der Waals surface area contributed by atoms with Crippen molar-refractivity contribution in [3.05, 3.63) is 26.6 Å². The molecule has 0 atom stereocenters. The molecule has 0 N–H and O–H groups in total. The van der Waals surface area contributed by atoms with E-state index in [0.717, 1.165) is 4.47 Å². The molecule has 0 fully saturated rings. The minimum atomic E-state index is 1.14. The number of hydrogen-bond donors (Lipinski definition) is 0. The third kappa shape index (κ3) is 1.54. The van der Waals surface area contributed by atoms with Crippen LogP contribution in [-0.4, -0.2) is 0 Å². The second-order valence-corrected chi connectivity index (χ2v) is 4.54. The summed E-state index contributed by atoms with van der Waals surface area (Å²) in [6.07, 6.45) is 0. The van der Waals surface area contributed by atoms with Gasteiger partial charge in [-0.05, 0) is 43.7 Å². The standard InChI is InChI=1S/C5H3Br2P/c6-4-2-1-3-8-5(4)7/h1-3H. The van der Waals surface area contributed by atoms with Crippen LogP contribution in [0.3, 0.4) is 0 Å². The van der Waals surface area contributed by atoms with Gasteiger partial charge in [-0.25, -0.2) is 0 Å². The Kier molecular flexibility index (Phi) is 2.48. The molecule has 0 saturated heterocycles. The van der Waals surface area contributed by atoms with Crippen LogP contribution < -0.4 is 0 Å². The normalized spacial score (nSPS) is 10.2. The molecule has 0 aromatic carbocycles.